The number of aliphatic hydroxyl groups is 2. The van der Waals surface area contributed by atoms with Gasteiger partial charge >= 0.3 is 0 Å². The first-order chi connectivity index (χ1) is 5.24. The zero-order valence-electron chi connectivity index (χ0n) is 6.86. The quantitative estimate of drug-likeness (QED) is 0.474. The number of aliphatic hydroxyl groups excluding tert-OH is 2. The molecule has 0 aliphatic carbocycles. The summed E-state index contributed by atoms with van der Waals surface area (Å²) in [4.78, 5) is 0. The lowest BCUT2D eigenvalue weighted by molar-refractivity contribution is -0.0263. The Hall–Kier alpha value is -0.160. The summed E-state index contributed by atoms with van der Waals surface area (Å²) in [5.41, 5.74) is 5.34. The van der Waals surface area contributed by atoms with Crippen molar-refractivity contribution in [3.63, 3.8) is 0 Å². The molecule has 0 aliphatic rings. The molecule has 0 amide bonds. The molecule has 0 aliphatic heterocycles. The van der Waals surface area contributed by atoms with E-state index in [4.69, 9.17) is 20.7 Å². The highest BCUT2D eigenvalue weighted by molar-refractivity contribution is 4.57. The van der Waals surface area contributed by atoms with Gasteiger partial charge in [0.2, 0.25) is 0 Å². The highest BCUT2D eigenvalue weighted by Crippen LogP contribution is 1.96. The van der Waals surface area contributed by atoms with Gasteiger partial charge in [-0.1, -0.05) is 6.92 Å². The molecule has 11 heavy (non-hydrogen) atoms. The van der Waals surface area contributed by atoms with Gasteiger partial charge in [-0.25, -0.2) is 0 Å². The topological polar surface area (TPSA) is 75.7 Å². The molecule has 0 aromatic heterocycles. The molecule has 0 radical (unpaired) electrons. The van der Waals surface area contributed by atoms with Crippen LogP contribution in [0.5, 0.6) is 0 Å². The van der Waals surface area contributed by atoms with Crippen molar-refractivity contribution >= 4 is 0 Å². The van der Waals surface area contributed by atoms with Gasteiger partial charge in [0.1, 0.15) is 6.10 Å². The minimum absolute atomic E-state index is 0.00352. The molecule has 2 unspecified atom stereocenters. The maximum absolute atomic E-state index is 8.88. The Morgan fingerprint density at radius 2 is 2.18 bits per heavy atom. The molecule has 0 fully saturated rings. The SMILES string of the molecule is CCC(CN)OCC(O)CO. The third-order valence-electron chi connectivity index (χ3n) is 1.45. The van der Waals surface area contributed by atoms with Gasteiger partial charge in [0.15, 0.2) is 0 Å². The van der Waals surface area contributed by atoms with Crippen LogP contribution >= 0.6 is 0 Å². The van der Waals surface area contributed by atoms with Gasteiger partial charge < -0.3 is 20.7 Å². The average Bonchev–Trinajstić information content (AvgIpc) is 2.06. The molecule has 2 atom stereocenters. The minimum atomic E-state index is -0.782. The fourth-order valence-electron chi connectivity index (χ4n) is 0.652. The largest absolute Gasteiger partial charge is 0.394 e. The van der Waals surface area contributed by atoms with E-state index in [1.54, 1.807) is 0 Å². The van der Waals surface area contributed by atoms with Gasteiger partial charge in [-0.15, -0.1) is 0 Å². The van der Waals surface area contributed by atoms with Crippen LogP contribution in [0.1, 0.15) is 13.3 Å². The fraction of sp³-hybridized carbons (Fsp3) is 1.00. The maximum atomic E-state index is 8.88. The first-order valence-electron chi connectivity index (χ1n) is 3.85. The van der Waals surface area contributed by atoms with E-state index in [1.807, 2.05) is 6.92 Å². The van der Waals surface area contributed by atoms with E-state index < -0.39 is 6.10 Å². The highest BCUT2D eigenvalue weighted by Gasteiger charge is 2.07. The summed E-state index contributed by atoms with van der Waals surface area (Å²) in [5.74, 6) is 0. The summed E-state index contributed by atoms with van der Waals surface area (Å²) in [7, 11) is 0. The third kappa shape index (κ3) is 5.15. The normalized spacial score (nSPS) is 16.4. The standard InChI is InChI=1S/C7H17NO3/c1-2-7(3-8)11-5-6(10)4-9/h6-7,9-10H,2-5,8H2,1H3. The summed E-state index contributed by atoms with van der Waals surface area (Å²) in [6.07, 6.45) is 0.0427. The first kappa shape index (κ1) is 10.8. The molecule has 4 nitrogen and oxygen atoms in total. The van der Waals surface area contributed by atoms with Crippen molar-refractivity contribution in [1.29, 1.82) is 0 Å². The molecule has 0 spiro atoms. The monoisotopic (exact) mass is 163 g/mol. The van der Waals surface area contributed by atoms with Crippen molar-refractivity contribution in [2.24, 2.45) is 5.73 Å². The average molecular weight is 163 g/mol. The van der Waals surface area contributed by atoms with Crippen LogP contribution in [0.25, 0.3) is 0 Å². The second-order valence-electron chi connectivity index (χ2n) is 2.44. The van der Waals surface area contributed by atoms with Crippen LogP contribution in [-0.4, -0.2) is 42.2 Å². The van der Waals surface area contributed by atoms with Crippen LogP contribution in [0, 0.1) is 0 Å². The van der Waals surface area contributed by atoms with Crippen LogP contribution in [0.2, 0.25) is 0 Å². The Labute approximate surface area is 67.0 Å². The van der Waals surface area contributed by atoms with Crippen molar-refractivity contribution < 1.29 is 14.9 Å². The minimum Gasteiger partial charge on any atom is -0.394 e. The highest BCUT2D eigenvalue weighted by atomic mass is 16.5. The number of ether oxygens (including phenoxy) is 1. The zero-order valence-corrected chi connectivity index (χ0v) is 6.86. The molecule has 0 heterocycles. The van der Waals surface area contributed by atoms with Crippen molar-refractivity contribution in [2.75, 3.05) is 19.8 Å². The molecular weight excluding hydrogens is 146 g/mol. The Balaban J connectivity index is 3.34. The van der Waals surface area contributed by atoms with E-state index in [0.29, 0.717) is 6.54 Å². The van der Waals surface area contributed by atoms with Gasteiger partial charge in [-0.3, -0.25) is 0 Å². The molecule has 0 aromatic rings. The molecular formula is C7H17NO3. The van der Waals surface area contributed by atoms with E-state index in [0.717, 1.165) is 6.42 Å². The van der Waals surface area contributed by atoms with Gasteiger partial charge in [0.05, 0.1) is 19.3 Å². The van der Waals surface area contributed by atoms with Crippen LogP contribution in [0.3, 0.4) is 0 Å². The Morgan fingerprint density at radius 1 is 1.55 bits per heavy atom. The fourth-order valence-corrected chi connectivity index (χ4v) is 0.652. The van der Waals surface area contributed by atoms with E-state index in [9.17, 15) is 0 Å². The van der Waals surface area contributed by atoms with E-state index in [-0.39, 0.29) is 19.3 Å². The van der Waals surface area contributed by atoms with Crippen LogP contribution < -0.4 is 5.73 Å². The molecule has 0 rings (SSSR count). The molecule has 0 saturated carbocycles. The summed E-state index contributed by atoms with van der Waals surface area (Å²) >= 11 is 0. The number of nitrogens with two attached hydrogens (primary N) is 1. The summed E-state index contributed by atoms with van der Waals surface area (Å²) in [6.45, 7) is 2.31. The van der Waals surface area contributed by atoms with Gasteiger partial charge in [-0.2, -0.15) is 0 Å². The summed E-state index contributed by atoms with van der Waals surface area (Å²) in [5, 5.41) is 17.3. The number of hydrogen-bond donors (Lipinski definition) is 3. The zero-order chi connectivity index (χ0) is 8.69. The van der Waals surface area contributed by atoms with Gasteiger partial charge in [-0.05, 0) is 6.42 Å². The van der Waals surface area contributed by atoms with E-state index in [2.05, 4.69) is 0 Å². The molecule has 4 N–H and O–H groups in total. The molecule has 0 aromatic carbocycles. The predicted molar refractivity (Wildman–Crippen MR) is 42.2 cm³/mol. The molecule has 4 heteroatoms. The van der Waals surface area contributed by atoms with Crippen molar-refractivity contribution in [2.45, 2.75) is 25.6 Å². The summed E-state index contributed by atoms with van der Waals surface area (Å²) < 4.78 is 5.16. The number of rotatable bonds is 6. The van der Waals surface area contributed by atoms with E-state index in [1.165, 1.54) is 0 Å². The second-order valence-corrected chi connectivity index (χ2v) is 2.44. The van der Waals surface area contributed by atoms with Gasteiger partial charge in [0.25, 0.3) is 0 Å². The maximum Gasteiger partial charge on any atom is 0.100 e. The summed E-state index contributed by atoms with van der Waals surface area (Å²) in [6, 6.07) is 0. The van der Waals surface area contributed by atoms with Gasteiger partial charge in [0, 0.05) is 6.54 Å². The third-order valence-corrected chi connectivity index (χ3v) is 1.45. The molecule has 0 bridgehead atoms. The van der Waals surface area contributed by atoms with Crippen molar-refractivity contribution in [3.05, 3.63) is 0 Å². The lowest BCUT2D eigenvalue weighted by atomic mass is 10.3. The smallest absolute Gasteiger partial charge is 0.100 e. The molecule has 0 saturated heterocycles. The number of hydrogen-bond acceptors (Lipinski definition) is 4. The Kier molecular flexibility index (Phi) is 6.45. The van der Waals surface area contributed by atoms with Crippen LogP contribution in [-0.2, 0) is 4.74 Å². The van der Waals surface area contributed by atoms with Crippen LogP contribution in [0.15, 0.2) is 0 Å². The van der Waals surface area contributed by atoms with Crippen molar-refractivity contribution in [3.8, 4) is 0 Å². The van der Waals surface area contributed by atoms with E-state index >= 15 is 0 Å². The first-order valence-corrected chi connectivity index (χ1v) is 3.85. The van der Waals surface area contributed by atoms with Crippen LogP contribution in [0.4, 0.5) is 0 Å². The second kappa shape index (κ2) is 6.54. The van der Waals surface area contributed by atoms with Crippen molar-refractivity contribution in [1.82, 2.24) is 0 Å². The predicted octanol–water partition coefficient (Wildman–Crippen LogP) is -0.906. The lowest BCUT2D eigenvalue weighted by Gasteiger charge is -2.15. The lowest BCUT2D eigenvalue weighted by Crippen LogP contribution is -2.28. The Bertz CT molecular complexity index is 85.8. The molecule has 68 valence electrons. The Morgan fingerprint density at radius 3 is 2.55 bits per heavy atom.